The van der Waals surface area contributed by atoms with E-state index in [0.29, 0.717) is 12.1 Å². The molecule has 0 bridgehead atoms. The summed E-state index contributed by atoms with van der Waals surface area (Å²) in [5.41, 5.74) is -0.983. The molecule has 21 heavy (non-hydrogen) atoms. The van der Waals surface area contributed by atoms with Crippen molar-refractivity contribution >= 4 is 11.9 Å². The molecule has 1 amide bonds. The summed E-state index contributed by atoms with van der Waals surface area (Å²) in [5.74, 6) is -4.80. The molecule has 0 radical (unpaired) electrons. The van der Waals surface area contributed by atoms with Crippen molar-refractivity contribution in [3.63, 3.8) is 0 Å². The standard InChI is InChI=1S/C14H15F2NO4/c15-11-6-9(10(14(20)21)7-12(11)16)13(19)17(4-5-18)8-2-1-3-8/h6-8,18H,1-5H2,(H,20,21). The first kappa shape index (κ1) is 15.4. The summed E-state index contributed by atoms with van der Waals surface area (Å²) in [6.45, 7) is -0.254. The Labute approximate surface area is 119 Å². The number of benzene rings is 1. The van der Waals surface area contributed by atoms with E-state index >= 15 is 0 Å². The number of nitrogens with zero attached hydrogens (tertiary/aromatic N) is 1. The summed E-state index contributed by atoms with van der Waals surface area (Å²) in [6.07, 6.45) is 2.43. The Morgan fingerprint density at radius 1 is 1.19 bits per heavy atom. The second-order valence-corrected chi connectivity index (χ2v) is 4.92. The largest absolute Gasteiger partial charge is 0.478 e. The molecule has 1 aromatic carbocycles. The zero-order valence-corrected chi connectivity index (χ0v) is 11.2. The minimum atomic E-state index is -1.50. The second kappa shape index (κ2) is 6.17. The number of aliphatic hydroxyl groups excluding tert-OH is 1. The summed E-state index contributed by atoms with van der Waals surface area (Å²) < 4.78 is 26.5. The Kier molecular flexibility index (Phi) is 4.52. The van der Waals surface area contributed by atoms with Crippen molar-refractivity contribution in [2.75, 3.05) is 13.2 Å². The van der Waals surface area contributed by atoms with E-state index in [9.17, 15) is 18.4 Å². The fraction of sp³-hybridized carbons (Fsp3) is 0.429. The maximum Gasteiger partial charge on any atom is 0.336 e. The first-order valence-corrected chi connectivity index (χ1v) is 6.60. The highest BCUT2D eigenvalue weighted by molar-refractivity contribution is 6.05. The van der Waals surface area contributed by atoms with Crippen LogP contribution in [0.1, 0.15) is 40.0 Å². The van der Waals surface area contributed by atoms with Gasteiger partial charge in [0.2, 0.25) is 0 Å². The molecular weight excluding hydrogens is 284 g/mol. The van der Waals surface area contributed by atoms with Gasteiger partial charge in [0.15, 0.2) is 11.6 Å². The minimum absolute atomic E-state index is 0.0293. The predicted molar refractivity (Wildman–Crippen MR) is 69.1 cm³/mol. The molecule has 0 saturated heterocycles. The molecule has 114 valence electrons. The van der Waals surface area contributed by atoms with Gasteiger partial charge < -0.3 is 15.1 Å². The molecular formula is C14H15F2NO4. The highest BCUT2D eigenvalue weighted by Crippen LogP contribution is 2.27. The van der Waals surface area contributed by atoms with Crippen molar-refractivity contribution in [2.24, 2.45) is 0 Å². The molecule has 1 aromatic rings. The van der Waals surface area contributed by atoms with Crippen LogP contribution in [0.15, 0.2) is 12.1 Å². The van der Waals surface area contributed by atoms with Crippen molar-refractivity contribution in [1.82, 2.24) is 4.90 Å². The van der Waals surface area contributed by atoms with Crippen molar-refractivity contribution < 1.29 is 28.6 Å². The van der Waals surface area contributed by atoms with Crippen LogP contribution in [0.25, 0.3) is 0 Å². The fourth-order valence-corrected chi connectivity index (χ4v) is 2.31. The Hall–Kier alpha value is -2.02. The number of carboxylic acids is 1. The fourth-order valence-electron chi connectivity index (χ4n) is 2.31. The SMILES string of the molecule is O=C(O)c1cc(F)c(F)cc1C(=O)N(CCO)C1CCC1. The van der Waals surface area contributed by atoms with Crippen molar-refractivity contribution in [1.29, 1.82) is 0 Å². The molecule has 7 heteroatoms. The summed E-state index contributed by atoms with van der Waals surface area (Å²) in [5, 5.41) is 18.1. The molecule has 2 rings (SSSR count). The first-order chi connectivity index (χ1) is 9.95. The van der Waals surface area contributed by atoms with Crippen LogP contribution in [0, 0.1) is 11.6 Å². The van der Waals surface area contributed by atoms with Crippen LogP contribution < -0.4 is 0 Å². The second-order valence-electron chi connectivity index (χ2n) is 4.92. The Bertz CT molecular complexity index is 572. The number of carboxylic acid groups (broad SMARTS) is 1. The van der Waals surface area contributed by atoms with Gasteiger partial charge in [0.25, 0.3) is 5.91 Å². The van der Waals surface area contributed by atoms with Gasteiger partial charge in [-0.1, -0.05) is 0 Å². The van der Waals surface area contributed by atoms with Crippen molar-refractivity contribution in [3.8, 4) is 0 Å². The Morgan fingerprint density at radius 2 is 1.76 bits per heavy atom. The molecule has 1 fully saturated rings. The van der Waals surface area contributed by atoms with E-state index in [2.05, 4.69) is 0 Å². The highest BCUT2D eigenvalue weighted by atomic mass is 19.2. The van der Waals surface area contributed by atoms with Gasteiger partial charge in [-0.2, -0.15) is 0 Å². The molecule has 2 N–H and O–H groups in total. The molecule has 0 aliphatic heterocycles. The van der Waals surface area contributed by atoms with Crippen LogP contribution in [-0.2, 0) is 0 Å². The molecule has 0 aromatic heterocycles. The number of halogens is 2. The summed E-state index contributed by atoms with van der Waals surface area (Å²) in [7, 11) is 0. The predicted octanol–water partition coefficient (Wildman–Crippen LogP) is 1.65. The van der Waals surface area contributed by atoms with Crippen LogP contribution in [0.5, 0.6) is 0 Å². The first-order valence-electron chi connectivity index (χ1n) is 6.60. The Morgan fingerprint density at radius 3 is 2.19 bits per heavy atom. The summed E-state index contributed by atoms with van der Waals surface area (Å²) in [4.78, 5) is 24.9. The average molecular weight is 299 g/mol. The van der Waals surface area contributed by atoms with Gasteiger partial charge in [-0.05, 0) is 31.4 Å². The number of hydrogen-bond acceptors (Lipinski definition) is 3. The highest BCUT2D eigenvalue weighted by Gasteiger charge is 2.31. The summed E-state index contributed by atoms with van der Waals surface area (Å²) >= 11 is 0. The number of aliphatic hydroxyl groups is 1. The molecule has 0 atom stereocenters. The summed E-state index contributed by atoms with van der Waals surface area (Å²) in [6, 6.07) is 1.01. The average Bonchev–Trinajstić information content (AvgIpc) is 2.37. The van der Waals surface area contributed by atoms with Gasteiger partial charge in [-0.15, -0.1) is 0 Å². The number of carbonyl (C=O) groups is 2. The van der Waals surface area contributed by atoms with Gasteiger partial charge in [-0.3, -0.25) is 4.79 Å². The van der Waals surface area contributed by atoms with Crippen molar-refractivity contribution in [2.45, 2.75) is 25.3 Å². The maximum atomic E-state index is 13.3. The number of amides is 1. The zero-order chi connectivity index (χ0) is 15.6. The minimum Gasteiger partial charge on any atom is -0.478 e. The number of carbonyl (C=O) groups excluding carboxylic acids is 1. The van der Waals surface area contributed by atoms with E-state index in [1.165, 1.54) is 4.90 Å². The third kappa shape index (κ3) is 3.02. The topological polar surface area (TPSA) is 77.8 Å². The van der Waals surface area contributed by atoms with Gasteiger partial charge in [0.05, 0.1) is 17.7 Å². The molecule has 0 unspecified atom stereocenters. The van der Waals surface area contributed by atoms with E-state index < -0.39 is 34.6 Å². The van der Waals surface area contributed by atoms with Crippen LogP contribution in [-0.4, -0.2) is 46.2 Å². The van der Waals surface area contributed by atoms with Gasteiger partial charge in [0.1, 0.15) is 0 Å². The molecule has 0 spiro atoms. The molecule has 1 aliphatic rings. The third-order valence-corrected chi connectivity index (χ3v) is 3.64. The normalized spacial score (nSPS) is 14.6. The third-order valence-electron chi connectivity index (χ3n) is 3.64. The lowest BCUT2D eigenvalue weighted by Gasteiger charge is -2.37. The lowest BCUT2D eigenvalue weighted by atomic mass is 9.90. The van der Waals surface area contributed by atoms with Gasteiger partial charge >= 0.3 is 5.97 Å². The van der Waals surface area contributed by atoms with E-state index in [0.717, 1.165) is 19.3 Å². The molecule has 0 heterocycles. The lowest BCUT2D eigenvalue weighted by Crippen LogP contribution is -2.46. The quantitative estimate of drug-likeness (QED) is 0.866. The van der Waals surface area contributed by atoms with Crippen LogP contribution in [0.2, 0.25) is 0 Å². The van der Waals surface area contributed by atoms with Crippen LogP contribution >= 0.6 is 0 Å². The van der Waals surface area contributed by atoms with E-state index in [1.807, 2.05) is 0 Å². The molecule has 1 saturated carbocycles. The number of hydrogen-bond donors (Lipinski definition) is 2. The van der Waals surface area contributed by atoms with Crippen molar-refractivity contribution in [3.05, 3.63) is 34.9 Å². The van der Waals surface area contributed by atoms with Gasteiger partial charge in [-0.25, -0.2) is 13.6 Å². The smallest absolute Gasteiger partial charge is 0.336 e. The van der Waals surface area contributed by atoms with Crippen LogP contribution in [0.3, 0.4) is 0 Å². The van der Waals surface area contributed by atoms with Gasteiger partial charge in [0, 0.05) is 12.6 Å². The molecule has 5 nitrogen and oxygen atoms in total. The maximum absolute atomic E-state index is 13.3. The lowest BCUT2D eigenvalue weighted by molar-refractivity contribution is 0.0515. The monoisotopic (exact) mass is 299 g/mol. The van der Waals surface area contributed by atoms with E-state index in [-0.39, 0.29) is 19.2 Å². The number of aromatic carboxylic acids is 1. The van der Waals surface area contributed by atoms with Crippen LogP contribution in [0.4, 0.5) is 8.78 Å². The van der Waals surface area contributed by atoms with E-state index in [4.69, 9.17) is 10.2 Å². The van der Waals surface area contributed by atoms with E-state index in [1.54, 1.807) is 0 Å². The number of rotatable bonds is 5. The zero-order valence-electron chi connectivity index (χ0n) is 11.2. The molecule has 1 aliphatic carbocycles. The Balaban J connectivity index is 2.40.